The summed E-state index contributed by atoms with van der Waals surface area (Å²) in [5, 5.41) is 14.2. The fourth-order valence-electron chi connectivity index (χ4n) is 1.89. The Labute approximate surface area is 126 Å². The van der Waals surface area contributed by atoms with E-state index < -0.39 is 4.92 Å². The first-order valence-corrected chi connectivity index (χ1v) is 7.46. The number of nitro benzene ring substituents is 1. The molecule has 1 aromatic heterocycles. The number of rotatable bonds is 5. The number of halogens is 1. The highest BCUT2D eigenvalue weighted by Gasteiger charge is 2.14. The van der Waals surface area contributed by atoms with Crippen LogP contribution in [0.25, 0.3) is 0 Å². The predicted molar refractivity (Wildman–Crippen MR) is 83.9 cm³/mol. The number of nitrogens with zero attached hydrogens (tertiary/aromatic N) is 1. The molecule has 0 aliphatic heterocycles. The Morgan fingerprint density at radius 2 is 2.05 bits per heavy atom. The average Bonchev–Trinajstić information content (AvgIpc) is 2.87. The van der Waals surface area contributed by atoms with E-state index in [-0.39, 0.29) is 10.7 Å². The zero-order chi connectivity index (χ0) is 14.7. The van der Waals surface area contributed by atoms with Gasteiger partial charge in [-0.2, -0.15) is 0 Å². The van der Waals surface area contributed by atoms with Crippen LogP contribution in [0.3, 0.4) is 0 Å². The van der Waals surface area contributed by atoms with Gasteiger partial charge in [0, 0.05) is 28.1 Å². The molecule has 2 rings (SSSR count). The van der Waals surface area contributed by atoms with Gasteiger partial charge in [-0.15, -0.1) is 11.3 Å². The SMILES string of the molecule is CCc1ccc(CNc2cc(Cl)c([N+](=O)[O-])cc2C)s1. The lowest BCUT2D eigenvalue weighted by Crippen LogP contribution is -2.00. The van der Waals surface area contributed by atoms with E-state index in [2.05, 4.69) is 24.4 Å². The van der Waals surface area contributed by atoms with Gasteiger partial charge in [0.25, 0.3) is 5.69 Å². The topological polar surface area (TPSA) is 55.2 Å². The number of hydrogen-bond acceptors (Lipinski definition) is 4. The van der Waals surface area contributed by atoms with Crippen molar-refractivity contribution in [3.8, 4) is 0 Å². The minimum atomic E-state index is -0.466. The first-order valence-electron chi connectivity index (χ1n) is 6.27. The number of anilines is 1. The number of benzene rings is 1. The van der Waals surface area contributed by atoms with Gasteiger partial charge in [0.1, 0.15) is 5.02 Å². The Morgan fingerprint density at radius 1 is 1.35 bits per heavy atom. The molecule has 1 N–H and O–H groups in total. The minimum Gasteiger partial charge on any atom is -0.380 e. The third-order valence-electron chi connectivity index (χ3n) is 3.01. The molecule has 0 amide bonds. The van der Waals surface area contributed by atoms with Crippen LogP contribution in [0.5, 0.6) is 0 Å². The quantitative estimate of drug-likeness (QED) is 0.638. The van der Waals surface area contributed by atoms with Gasteiger partial charge in [0.05, 0.1) is 4.92 Å². The fraction of sp³-hybridized carbons (Fsp3) is 0.286. The van der Waals surface area contributed by atoms with Crippen molar-refractivity contribution in [2.45, 2.75) is 26.8 Å². The fourth-order valence-corrected chi connectivity index (χ4v) is 3.02. The first kappa shape index (κ1) is 14.8. The molecule has 0 bridgehead atoms. The second-order valence-corrected chi connectivity index (χ2v) is 6.11. The van der Waals surface area contributed by atoms with Crippen molar-refractivity contribution in [1.82, 2.24) is 0 Å². The normalized spacial score (nSPS) is 10.6. The van der Waals surface area contributed by atoms with E-state index in [4.69, 9.17) is 11.6 Å². The molecule has 0 atom stereocenters. The van der Waals surface area contributed by atoms with Gasteiger partial charge in [0.2, 0.25) is 0 Å². The lowest BCUT2D eigenvalue weighted by Gasteiger charge is -2.09. The Hall–Kier alpha value is -1.59. The van der Waals surface area contributed by atoms with Gasteiger partial charge in [-0.25, -0.2) is 0 Å². The van der Waals surface area contributed by atoms with Crippen LogP contribution < -0.4 is 5.32 Å². The zero-order valence-electron chi connectivity index (χ0n) is 11.3. The average molecular weight is 311 g/mol. The molecule has 6 heteroatoms. The second kappa shape index (κ2) is 6.24. The molecule has 1 aromatic carbocycles. The molecule has 106 valence electrons. The smallest absolute Gasteiger partial charge is 0.288 e. The zero-order valence-corrected chi connectivity index (χ0v) is 12.8. The highest BCUT2D eigenvalue weighted by Crippen LogP contribution is 2.31. The van der Waals surface area contributed by atoms with Crippen molar-refractivity contribution >= 4 is 34.3 Å². The van der Waals surface area contributed by atoms with E-state index in [0.717, 1.165) is 17.7 Å². The van der Waals surface area contributed by atoms with E-state index in [9.17, 15) is 10.1 Å². The largest absolute Gasteiger partial charge is 0.380 e. The monoisotopic (exact) mass is 310 g/mol. The van der Waals surface area contributed by atoms with Crippen LogP contribution >= 0.6 is 22.9 Å². The van der Waals surface area contributed by atoms with Crippen LogP contribution in [0.2, 0.25) is 5.02 Å². The lowest BCUT2D eigenvalue weighted by atomic mass is 10.1. The van der Waals surface area contributed by atoms with Crippen LogP contribution in [-0.4, -0.2) is 4.92 Å². The highest BCUT2D eigenvalue weighted by atomic mass is 35.5. The van der Waals surface area contributed by atoms with Crippen molar-refractivity contribution in [3.05, 3.63) is 54.7 Å². The van der Waals surface area contributed by atoms with Crippen molar-refractivity contribution in [2.24, 2.45) is 0 Å². The Morgan fingerprint density at radius 3 is 2.65 bits per heavy atom. The third-order valence-corrected chi connectivity index (χ3v) is 4.54. The summed E-state index contributed by atoms with van der Waals surface area (Å²) in [5.41, 5.74) is 1.58. The summed E-state index contributed by atoms with van der Waals surface area (Å²) >= 11 is 7.69. The molecule has 0 aliphatic rings. The number of nitrogens with one attached hydrogen (secondary N) is 1. The molecule has 0 unspecified atom stereocenters. The Kier molecular flexibility index (Phi) is 4.62. The van der Waals surface area contributed by atoms with Gasteiger partial charge in [-0.05, 0) is 37.1 Å². The molecule has 2 aromatic rings. The van der Waals surface area contributed by atoms with E-state index in [0.29, 0.717) is 6.54 Å². The van der Waals surface area contributed by atoms with Crippen LogP contribution in [0.4, 0.5) is 11.4 Å². The van der Waals surface area contributed by atoms with E-state index >= 15 is 0 Å². The molecular formula is C14H15ClN2O2S. The van der Waals surface area contributed by atoms with Gasteiger partial charge in [0.15, 0.2) is 0 Å². The molecule has 4 nitrogen and oxygen atoms in total. The molecule has 0 saturated carbocycles. The number of thiophene rings is 1. The molecule has 0 saturated heterocycles. The van der Waals surface area contributed by atoms with E-state index in [1.165, 1.54) is 15.8 Å². The third kappa shape index (κ3) is 3.29. The van der Waals surface area contributed by atoms with E-state index in [1.807, 2.05) is 6.92 Å². The second-order valence-electron chi connectivity index (χ2n) is 4.45. The molecule has 0 fully saturated rings. The Balaban J connectivity index is 2.13. The summed E-state index contributed by atoms with van der Waals surface area (Å²) in [4.78, 5) is 12.9. The molecule has 20 heavy (non-hydrogen) atoms. The van der Waals surface area contributed by atoms with Gasteiger partial charge < -0.3 is 5.32 Å². The predicted octanol–water partition coefficient (Wildman–Crippen LogP) is 4.79. The summed E-state index contributed by atoms with van der Waals surface area (Å²) < 4.78 is 0. The molecule has 0 spiro atoms. The van der Waals surface area contributed by atoms with Crippen molar-refractivity contribution < 1.29 is 4.92 Å². The summed E-state index contributed by atoms with van der Waals surface area (Å²) in [6.45, 7) is 4.65. The number of aryl methyl sites for hydroxylation is 2. The first-order chi connectivity index (χ1) is 9.51. The van der Waals surface area contributed by atoms with E-state index in [1.54, 1.807) is 17.4 Å². The van der Waals surface area contributed by atoms with Crippen LogP contribution in [0, 0.1) is 17.0 Å². The molecule has 1 heterocycles. The summed E-state index contributed by atoms with van der Waals surface area (Å²) in [5.74, 6) is 0. The van der Waals surface area contributed by atoms with Gasteiger partial charge >= 0.3 is 0 Å². The standard InChI is InChI=1S/C14H15ClN2O2S/c1-3-10-4-5-11(20-10)8-16-13-7-12(15)14(17(18)19)6-9(13)2/h4-7,16H,3,8H2,1-2H3. The Bertz CT molecular complexity index is 640. The summed E-state index contributed by atoms with van der Waals surface area (Å²) in [6, 6.07) is 7.33. The van der Waals surface area contributed by atoms with Gasteiger partial charge in [-0.1, -0.05) is 18.5 Å². The number of nitro groups is 1. The minimum absolute atomic E-state index is 0.0564. The van der Waals surface area contributed by atoms with Gasteiger partial charge in [-0.3, -0.25) is 10.1 Å². The maximum Gasteiger partial charge on any atom is 0.288 e. The molecular weight excluding hydrogens is 296 g/mol. The van der Waals surface area contributed by atoms with Crippen LogP contribution in [0.1, 0.15) is 22.2 Å². The molecule has 0 radical (unpaired) electrons. The highest BCUT2D eigenvalue weighted by molar-refractivity contribution is 7.12. The van der Waals surface area contributed by atoms with Crippen LogP contribution in [-0.2, 0) is 13.0 Å². The lowest BCUT2D eigenvalue weighted by molar-refractivity contribution is -0.384. The maximum absolute atomic E-state index is 10.8. The van der Waals surface area contributed by atoms with Crippen molar-refractivity contribution in [1.29, 1.82) is 0 Å². The maximum atomic E-state index is 10.8. The van der Waals surface area contributed by atoms with Crippen molar-refractivity contribution in [2.75, 3.05) is 5.32 Å². The van der Waals surface area contributed by atoms with Crippen LogP contribution in [0.15, 0.2) is 24.3 Å². The molecule has 0 aliphatic carbocycles. The summed E-state index contributed by atoms with van der Waals surface area (Å²) in [7, 11) is 0. The van der Waals surface area contributed by atoms with Crippen molar-refractivity contribution in [3.63, 3.8) is 0 Å². The number of hydrogen-bond donors (Lipinski definition) is 1. The summed E-state index contributed by atoms with van der Waals surface area (Å²) in [6.07, 6.45) is 1.03.